The smallest absolute Gasteiger partial charge is 0.147 e. The molecule has 0 aliphatic heterocycles. The van der Waals surface area contributed by atoms with E-state index < -0.39 is 5.72 Å². The summed E-state index contributed by atoms with van der Waals surface area (Å²) in [4.78, 5) is 0. The maximum absolute atomic E-state index is 6.53. The van der Waals surface area contributed by atoms with Gasteiger partial charge in [0.2, 0.25) is 0 Å². The molecular weight excluding hydrogens is 410 g/mol. The highest BCUT2D eigenvalue weighted by Gasteiger charge is 2.49. The maximum atomic E-state index is 6.53. The van der Waals surface area contributed by atoms with E-state index in [9.17, 15) is 0 Å². The van der Waals surface area contributed by atoms with Gasteiger partial charge in [-0.2, -0.15) is 0 Å². The molecule has 0 radical (unpaired) electrons. The van der Waals surface area contributed by atoms with E-state index in [-0.39, 0.29) is 12.2 Å². The molecule has 3 atom stereocenters. The average molecular weight is 454 g/mol. The zero-order valence-electron chi connectivity index (χ0n) is 20.6. The van der Waals surface area contributed by atoms with Gasteiger partial charge in [-0.15, -0.1) is 0 Å². The van der Waals surface area contributed by atoms with Gasteiger partial charge in [-0.05, 0) is 24.6 Å². The summed E-state index contributed by atoms with van der Waals surface area (Å²) in [6, 6.07) is 20.7. The van der Waals surface area contributed by atoms with Crippen molar-refractivity contribution in [3.63, 3.8) is 0 Å². The van der Waals surface area contributed by atoms with Crippen LogP contribution in [0.15, 0.2) is 60.7 Å². The highest BCUT2D eigenvalue weighted by molar-refractivity contribution is 5.14. The average Bonchev–Trinajstić information content (AvgIpc) is 3.22. The number of nitrogens with one attached hydrogen (secondary N) is 1. The lowest BCUT2D eigenvalue weighted by Gasteiger charge is -2.35. The van der Waals surface area contributed by atoms with Gasteiger partial charge in [0, 0.05) is 19.4 Å². The lowest BCUT2D eigenvalue weighted by Crippen LogP contribution is -2.53. The fourth-order valence-corrected chi connectivity index (χ4v) is 4.67. The molecule has 4 nitrogen and oxygen atoms in total. The first-order valence-corrected chi connectivity index (χ1v) is 12.9. The molecule has 1 fully saturated rings. The Bertz CT molecular complexity index is 754. The molecule has 1 N–H and O–H groups in total. The minimum absolute atomic E-state index is 0.0481. The molecule has 33 heavy (non-hydrogen) atoms. The van der Waals surface area contributed by atoms with Crippen LogP contribution in [0.1, 0.15) is 75.8 Å². The quantitative estimate of drug-likeness (QED) is 0.229. The number of likely N-dealkylation sites (N-methyl/N-ethyl adjacent to an activating group) is 1. The molecule has 2 aromatic rings. The van der Waals surface area contributed by atoms with E-state index in [4.69, 9.17) is 14.2 Å². The van der Waals surface area contributed by atoms with Gasteiger partial charge in [0.1, 0.15) is 11.8 Å². The van der Waals surface area contributed by atoms with Crippen LogP contribution in [0.3, 0.4) is 0 Å². The molecule has 0 aromatic heterocycles. The Morgan fingerprint density at radius 2 is 1.36 bits per heavy atom. The van der Waals surface area contributed by atoms with Crippen LogP contribution in [-0.4, -0.2) is 31.6 Å². The molecule has 0 unspecified atom stereocenters. The van der Waals surface area contributed by atoms with Crippen molar-refractivity contribution in [2.75, 3.05) is 13.7 Å². The van der Waals surface area contributed by atoms with Gasteiger partial charge < -0.3 is 14.2 Å². The summed E-state index contributed by atoms with van der Waals surface area (Å²) < 4.78 is 19.3. The van der Waals surface area contributed by atoms with Gasteiger partial charge in [0.25, 0.3) is 0 Å². The molecule has 1 saturated carbocycles. The van der Waals surface area contributed by atoms with E-state index >= 15 is 0 Å². The van der Waals surface area contributed by atoms with Crippen LogP contribution < -0.4 is 5.32 Å². The lowest BCUT2D eigenvalue weighted by atomic mass is 10.1. The minimum atomic E-state index is -0.502. The molecule has 182 valence electrons. The lowest BCUT2D eigenvalue weighted by molar-refractivity contribution is -0.151. The summed E-state index contributed by atoms with van der Waals surface area (Å²) in [5.74, 6) is 0. The van der Waals surface area contributed by atoms with Crippen LogP contribution >= 0.6 is 0 Å². The summed E-state index contributed by atoms with van der Waals surface area (Å²) in [6.45, 7) is 4.22. The van der Waals surface area contributed by atoms with Gasteiger partial charge >= 0.3 is 0 Å². The highest BCUT2D eigenvalue weighted by Crippen LogP contribution is 2.36. The monoisotopic (exact) mass is 453 g/mol. The van der Waals surface area contributed by atoms with Crippen molar-refractivity contribution in [3.05, 3.63) is 71.8 Å². The largest absolute Gasteiger partial charge is 0.373 e. The van der Waals surface area contributed by atoms with Crippen molar-refractivity contribution in [1.29, 1.82) is 0 Å². The molecule has 0 saturated heterocycles. The standard InChI is InChI=1S/C29H43NO3/c1-3-4-5-6-7-8-15-20-33-29(30-2)22-27(31-23-25-16-11-9-12-17-25)21-28(29)32-24-26-18-13-10-14-19-26/h9-14,16-19,27-28,30H,3-8,15,20-24H2,1-2H3/t27-,28+,29-/m1/s1. The first kappa shape index (κ1) is 25.9. The zero-order chi connectivity index (χ0) is 23.2. The van der Waals surface area contributed by atoms with Crippen LogP contribution in [0.4, 0.5) is 0 Å². The van der Waals surface area contributed by atoms with Gasteiger partial charge in [-0.1, -0.05) is 106 Å². The van der Waals surface area contributed by atoms with Crippen LogP contribution in [0, 0.1) is 0 Å². The molecule has 4 heteroatoms. The summed E-state index contributed by atoms with van der Waals surface area (Å²) in [5.41, 5.74) is 1.88. The van der Waals surface area contributed by atoms with Crippen LogP contribution in [0.25, 0.3) is 0 Å². The second-order valence-electron chi connectivity index (χ2n) is 9.25. The Balaban J connectivity index is 1.54. The fraction of sp³-hybridized carbons (Fsp3) is 0.586. The molecule has 0 bridgehead atoms. The van der Waals surface area contributed by atoms with Gasteiger partial charge in [-0.25, -0.2) is 0 Å². The maximum Gasteiger partial charge on any atom is 0.147 e. The van der Waals surface area contributed by atoms with E-state index in [1.807, 2.05) is 19.2 Å². The molecule has 3 rings (SSSR count). The number of unbranched alkanes of at least 4 members (excludes halogenated alkanes) is 6. The Hall–Kier alpha value is -1.72. The fourth-order valence-electron chi connectivity index (χ4n) is 4.67. The second kappa shape index (κ2) is 14.5. The normalized spacial score (nSPS) is 22.6. The molecule has 1 aliphatic carbocycles. The highest BCUT2D eigenvalue weighted by atomic mass is 16.6. The zero-order valence-corrected chi connectivity index (χ0v) is 20.6. The number of rotatable bonds is 16. The Morgan fingerprint density at radius 1 is 0.788 bits per heavy atom. The summed E-state index contributed by atoms with van der Waals surface area (Å²) in [6.07, 6.45) is 10.6. The molecule has 0 spiro atoms. The first-order valence-electron chi connectivity index (χ1n) is 12.9. The Kier molecular flexibility index (Phi) is 11.4. The van der Waals surface area contributed by atoms with Crippen molar-refractivity contribution in [3.8, 4) is 0 Å². The van der Waals surface area contributed by atoms with E-state index in [2.05, 4.69) is 60.8 Å². The number of ether oxygens (including phenoxy) is 3. The van der Waals surface area contributed by atoms with E-state index in [1.54, 1.807) is 0 Å². The second-order valence-corrected chi connectivity index (χ2v) is 9.25. The molecule has 0 amide bonds. The van der Waals surface area contributed by atoms with Gasteiger partial charge in [0.15, 0.2) is 0 Å². The van der Waals surface area contributed by atoms with Crippen LogP contribution in [-0.2, 0) is 27.4 Å². The van der Waals surface area contributed by atoms with Gasteiger partial charge in [0.05, 0.1) is 19.3 Å². The number of hydrogen-bond donors (Lipinski definition) is 1. The van der Waals surface area contributed by atoms with E-state index in [1.165, 1.54) is 49.7 Å². The predicted octanol–water partition coefficient (Wildman–Crippen LogP) is 6.63. The molecule has 2 aromatic carbocycles. The Labute approximate surface area is 201 Å². The van der Waals surface area contributed by atoms with E-state index in [0.717, 1.165) is 25.9 Å². The summed E-state index contributed by atoms with van der Waals surface area (Å²) >= 11 is 0. The third-order valence-corrected chi connectivity index (χ3v) is 6.68. The molecule has 1 aliphatic rings. The molecular formula is C29H43NO3. The van der Waals surface area contributed by atoms with Crippen molar-refractivity contribution >= 4 is 0 Å². The van der Waals surface area contributed by atoms with Crippen LogP contribution in [0.5, 0.6) is 0 Å². The molecule has 0 heterocycles. The third kappa shape index (κ3) is 8.53. The third-order valence-electron chi connectivity index (χ3n) is 6.68. The van der Waals surface area contributed by atoms with Gasteiger partial charge in [-0.3, -0.25) is 5.32 Å². The van der Waals surface area contributed by atoms with E-state index in [0.29, 0.717) is 13.2 Å². The SMILES string of the molecule is CCCCCCCCCO[C@]1(NC)C[C@H](OCc2ccccc2)C[C@@H]1OCc1ccccc1. The topological polar surface area (TPSA) is 39.7 Å². The summed E-state index contributed by atoms with van der Waals surface area (Å²) in [5, 5.41) is 3.48. The van der Waals surface area contributed by atoms with Crippen molar-refractivity contribution in [2.24, 2.45) is 0 Å². The van der Waals surface area contributed by atoms with Crippen LogP contribution in [0.2, 0.25) is 0 Å². The minimum Gasteiger partial charge on any atom is -0.373 e. The van der Waals surface area contributed by atoms with Crippen molar-refractivity contribution in [1.82, 2.24) is 5.32 Å². The summed E-state index contributed by atoms with van der Waals surface area (Å²) in [7, 11) is 1.99. The number of benzene rings is 2. The predicted molar refractivity (Wildman–Crippen MR) is 135 cm³/mol. The Morgan fingerprint density at radius 3 is 1.97 bits per heavy atom. The van der Waals surface area contributed by atoms with Crippen molar-refractivity contribution < 1.29 is 14.2 Å². The first-order chi connectivity index (χ1) is 16.3. The van der Waals surface area contributed by atoms with Crippen molar-refractivity contribution in [2.45, 2.75) is 95.9 Å². The number of hydrogen-bond acceptors (Lipinski definition) is 4.